The van der Waals surface area contributed by atoms with Crippen molar-refractivity contribution in [1.29, 1.82) is 0 Å². The molecule has 1 saturated heterocycles. The Hall–Kier alpha value is -3.15. The van der Waals surface area contributed by atoms with E-state index in [0.29, 0.717) is 32.2 Å². The normalized spacial score (nSPS) is 14.1. The zero-order valence-electron chi connectivity index (χ0n) is 18.7. The first-order chi connectivity index (χ1) is 15.6. The van der Waals surface area contributed by atoms with E-state index in [-0.39, 0.29) is 36.4 Å². The molecule has 0 unspecified atom stereocenters. The second kappa shape index (κ2) is 11.6. The highest BCUT2D eigenvalue weighted by atomic mass is 127. The zero-order valence-corrected chi connectivity index (χ0v) is 21.0. The van der Waals surface area contributed by atoms with Crippen LogP contribution in [-0.2, 0) is 25.0 Å². The Morgan fingerprint density at radius 1 is 1.18 bits per heavy atom. The van der Waals surface area contributed by atoms with Crippen LogP contribution in [0.3, 0.4) is 0 Å². The van der Waals surface area contributed by atoms with Crippen molar-refractivity contribution in [2.24, 2.45) is 12.0 Å². The Morgan fingerprint density at radius 2 is 2.00 bits per heavy atom. The molecule has 9 nitrogen and oxygen atoms in total. The van der Waals surface area contributed by atoms with Gasteiger partial charge in [-0.2, -0.15) is 5.10 Å². The number of nitrogens with one attached hydrogen (secondary N) is 1. The van der Waals surface area contributed by atoms with Crippen LogP contribution in [0.2, 0.25) is 0 Å². The van der Waals surface area contributed by atoms with E-state index in [1.807, 2.05) is 60.6 Å². The van der Waals surface area contributed by atoms with Crippen LogP contribution in [0.15, 0.2) is 66.0 Å². The lowest BCUT2D eigenvalue weighted by Crippen LogP contribution is -2.55. The van der Waals surface area contributed by atoms with E-state index >= 15 is 0 Å². The van der Waals surface area contributed by atoms with Crippen molar-refractivity contribution in [3.05, 3.63) is 72.3 Å². The van der Waals surface area contributed by atoms with Crippen molar-refractivity contribution in [2.75, 3.05) is 31.6 Å². The first-order valence-electron chi connectivity index (χ1n) is 10.5. The minimum Gasteiger partial charge on any atom is -0.487 e. The second-order valence-electron chi connectivity index (χ2n) is 7.49. The van der Waals surface area contributed by atoms with Crippen molar-refractivity contribution >= 4 is 41.5 Å². The average molecular weight is 561 g/mol. The minimum atomic E-state index is 0. The highest BCUT2D eigenvalue weighted by Gasteiger charge is 2.27. The van der Waals surface area contributed by atoms with Crippen molar-refractivity contribution in [1.82, 2.24) is 25.0 Å². The number of pyridine rings is 1. The largest absolute Gasteiger partial charge is 0.487 e. The number of halogens is 1. The Balaban J connectivity index is 0.00000306. The number of anilines is 1. The van der Waals surface area contributed by atoms with Gasteiger partial charge < -0.3 is 19.9 Å². The molecule has 1 amide bonds. The van der Waals surface area contributed by atoms with E-state index in [2.05, 4.69) is 20.4 Å². The minimum absolute atomic E-state index is 0. The number of amides is 1. The average Bonchev–Trinajstić information content (AvgIpc) is 3.25. The number of hydrogen-bond acceptors (Lipinski definition) is 5. The molecule has 10 heteroatoms. The van der Waals surface area contributed by atoms with E-state index in [9.17, 15) is 4.79 Å². The molecule has 1 fully saturated rings. The summed E-state index contributed by atoms with van der Waals surface area (Å²) in [5.74, 6) is 1.53. The number of guanidine groups is 1. The van der Waals surface area contributed by atoms with Crippen molar-refractivity contribution in [2.45, 2.75) is 13.2 Å². The summed E-state index contributed by atoms with van der Waals surface area (Å²) in [5.41, 5.74) is 2.81. The van der Waals surface area contributed by atoms with Crippen molar-refractivity contribution in [3.8, 4) is 5.75 Å². The van der Waals surface area contributed by atoms with Crippen molar-refractivity contribution in [3.63, 3.8) is 0 Å². The molecule has 1 aliphatic rings. The van der Waals surface area contributed by atoms with Crippen LogP contribution in [0.4, 0.5) is 5.69 Å². The number of ether oxygens (including phenoxy) is 1. The van der Waals surface area contributed by atoms with Gasteiger partial charge in [-0.05, 0) is 29.8 Å². The highest BCUT2D eigenvalue weighted by molar-refractivity contribution is 14.0. The number of benzene rings is 1. The molecule has 0 radical (unpaired) electrons. The third-order valence-electron chi connectivity index (χ3n) is 5.22. The summed E-state index contributed by atoms with van der Waals surface area (Å²) in [7, 11) is 3.57. The maximum absolute atomic E-state index is 12.7. The van der Waals surface area contributed by atoms with Gasteiger partial charge in [-0.15, -0.1) is 24.0 Å². The Bertz CT molecular complexity index is 1070. The molecule has 33 heavy (non-hydrogen) atoms. The maximum Gasteiger partial charge on any atom is 0.246 e. The second-order valence-corrected chi connectivity index (χ2v) is 7.49. The Kier molecular flexibility index (Phi) is 8.64. The van der Waals surface area contributed by atoms with Gasteiger partial charge in [-0.3, -0.25) is 19.5 Å². The number of aryl methyl sites for hydroxylation is 1. The summed E-state index contributed by atoms with van der Waals surface area (Å²) in [5, 5.41) is 7.50. The van der Waals surface area contributed by atoms with Gasteiger partial charge in [0.1, 0.15) is 18.9 Å². The smallest absolute Gasteiger partial charge is 0.246 e. The molecule has 1 aliphatic heterocycles. The molecule has 174 valence electrons. The van der Waals surface area contributed by atoms with E-state index in [1.54, 1.807) is 29.0 Å². The highest BCUT2D eigenvalue weighted by Crippen LogP contribution is 2.17. The van der Waals surface area contributed by atoms with Gasteiger partial charge in [0.25, 0.3) is 0 Å². The summed E-state index contributed by atoms with van der Waals surface area (Å²) in [4.78, 5) is 25.0. The Labute approximate surface area is 210 Å². The lowest BCUT2D eigenvalue weighted by Gasteiger charge is -2.35. The van der Waals surface area contributed by atoms with Gasteiger partial charge in [0.05, 0.1) is 17.6 Å². The topological polar surface area (TPSA) is 87.9 Å². The third kappa shape index (κ3) is 6.44. The van der Waals surface area contributed by atoms with E-state index in [4.69, 9.17) is 4.74 Å². The van der Waals surface area contributed by atoms with Gasteiger partial charge in [-0.1, -0.05) is 18.2 Å². The van der Waals surface area contributed by atoms with Crippen LogP contribution < -0.4 is 15.0 Å². The molecule has 1 aromatic carbocycles. The number of carbonyl (C=O) groups excluding carboxylic acids is 1. The molecule has 2 aromatic heterocycles. The molecule has 0 aliphatic carbocycles. The molecule has 1 N–H and O–H groups in total. The number of rotatable bonds is 6. The van der Waals surface area contributed by atoms with Crippen molar-refractivity contribution < 1.29 is 9.53 Å². The van der Waals surface area contributed by atoms with Crippen LogP contribution in [0.1, 0.15) is 11.3 Å². The lowest BCUT2D eigenvalue weighted by molar-refractivity contribution is -0.120. The zero-order chi connectivity index (χ0) is 22.3. The SMILES string of the molecule is CN=C(NCc1ccc(OCc2ccccn2)cc1)N1CCN(c2cnn(C)c2)C(=O)C1.I. The fraction of sp³-hybridized carbons (Fsp3) is 0.304. The predicted octanol–water partition coefficient (Wildman–Crippen LogP) is 2.44. The summed E-state index contributed by atoms with van der Waals surface area (Å²) >= 11 is 0. The van der Waals surface area contributed by atoms with Gasteiger partial charge in [-0.25, -0.2) is 0 Å². The molecule has 3 heterocycles. The van der Waals surface area contributed by atoms with Gasteiger partial charge in [0.2, 0.25) is 5.91 Å². The van der Waals surface area contributed by atoms with Crippen LogP contribution in [0.25, 0.3) is 0 Å². The van der Waals surface area contributed by atoms with E-state index in [0.717, 1.165) is 22.7 Å². The summed E-state index contributed by atoms with van der Waals surface area (Å²) in [6.07, 6.45) is 5.32. The fourth-order valence-corrected chi connectivity index (χ4v) is 3.53. The maximum atomic E-state index is 12.7. The monoisotopic (exact) mass is 561 g/mol. The first kappa shape index (κ1) is 24.5. The molecule has 4 rings (SSSR count). The molecule has 3 aromatic rings. The first-order valence-corrected chi connectivity index (χ1v) is 10.5. The third-order valence-corrected chi connectivity index (χ3v) is 5.22. The predicted molar refractivity (Wildman–Crippen MR) is 138 cm³/mol. The van der Waals surface area contributed by atoms with Crippen LogP contribution in [-0.4, -0.2) is 58.2 Å². The number of carbonyl (C=O) groups is 1. The number of hydrogen-bond donors (Lipinski definition) is 1. The molecule has 0 atom stereocenters. The van der Waals surface area contributed by atoms with Crippen LogP contribution in [0.5, 0.6) is 5.75 Å². The fourth-order valence-electron chi connectivity index (χ4n) is 3.53. The molecular weight excluding hydrogens is 533 g/mol. The molecule has 0 saturated carbocycles. The van der Waals surface area contributed by atoms with E-state index in [1.165, 1.54) is 0 Å². The molecule has 0 bridgehead atoms. The number of nitrogens with zero attached hydrogens (tertiary/aromatic N) is 6. The summed E-state index contributed by atoms with van der Waals surface area (Å²) in [6.45, 7) is 2.59. The summed E-state index contributed by atoms with van der Waals surface area (Å²) in [6, 6.07) is 13.7. The number of piperazine rings is 1. The number of aromatic nitrogens is 3. The van der Waals surface area contributed by atoms with Gasteiger partial charge in [0.15, 0.2) is 5.96 Å². The van der Waals surface area contributed by atoms with Gasteiger partial charge >= 0.3 is 0 Å². The molecular formula is C23H28IN7O2. The quantitative estimate of drug-likeness (QED) is 0.283. The Morgan fingerprint density at radius 3 is 2.64 bits per heavy atom. The standard InChI is InChI=1S/C23H27N7O2.HI/c1-24-23(29-11-12-30(22(31)16-29)20-14-27-28(2)15-20)26-13-18-6-8-21(9-7-18)32-17-19-5-3-4-10-25-19;/h3-10,14-15H,11-13,16-17H2,1-2H3,(H,24,26);1H. The summed E-state index contributed by atoms with van der Waals surface area (Å²) < 4.78 is 7.48. The van der Waals surface area contributed by atoms with Crippen LogP contribution in [0, 0.1) is 0 Å². The lowest BCUT2D eigenvalue weighted by atomic mass is 10.2. The van der Waals surface area contributed by atoms with Crippen LogP contribution >= 0.6 is 24.0 Å². The van der Waals surface area contributed by atoms with Gasteiger partial charge in [0, 0.05) is 46.1 Å². The number of aliphatic imine (C=N–C) groups is 1. The van der Waals surface area contributed by atoms with E-state index < -0.39 is 0 Å². The molecule has 0 spiro atoms.